The fourth-order valence-electron chi connectivity index (χ4n) is 5.25. The van der Waals surface area contributed by atoms with E-state index in [0.29, 0.717) is 41.5 Å². The van der Waals surface area contributed by atoms with E-state index < -0.39 is 0 Å². The number of amides is 1. The highest BCUT2D eigenvalue weighted by Crippen LogP contribution is 2.27. The quantitative estimate of drug-likeness (QED) is 0.312. The highest BCUT2D eigenvalue weighted by molar-refractivity contribution is 5.83. The molecule has 39 heavy (non-hydrogen) atoms. The molecular formula is C32H34N4O3. The Balaban J connectivity index is 1.16. The number of aromatic nitrogens is 2. The Morgan fingerprint density at radius 2 is 1.79 bits per heavy atom. The second kappa shape index (κ2) is 11.4. The van der Waals surface area contributed by atoms with Crippen molar-refractivity contribution in [3.8, 4) is 17.1 Å². The van der Waals surface area contributed by atoms with E-state index in [1.807, 2.05) is 42.5 Å². The fraction of sp³-hybridized carbons (Fsp3) is 0.344. The molecular weight excluding hydrogens is 488 g/mol. The number of rotatable bonds is 10. The van der Waals surface area contributed by atoms with Crippen LogP contribution < -0.4 is 15.6 Å². The number of nitrogens with zero attached hydrogens (tertiary/aromatic N) is 3. The molecule has 0 unspecified atom stereocenters. The second-order valence-corrected chi connectivity index (χ2v) is 10.6. The zero-order valence-corrected chi connectivity index (χ0v) is 22.1. The minimum atomic E-state index is -0.238. The van der Waals surface area contributed by atoms with Crippen molar-refractivity contribution < 1.29 is 9.53 Å². The Morgan fingerprint density at radius 3 is 2.62 bits per heavy atom. The molecule has 4 aromatic rings. The van der Waals surface area contributed by atoms with Gasteiger partial charge in [-0.15, -0.1) is 0 Å². The molecule has 1 saturated carbocycles. The third kappa shape index (κ3) is 6.04. The van der Waals surface area contributed by atoms with E-state index in [1.54, 1.807) is 6.07 Å². The summed E-state index contributed by atoms with van der Waals surface area (Å²) in [6.45, 7) is 4.18. The van der Waals surface area contributed by atoms with Crippen molar-refractivity contribution in [3.05, 3.63) is 94.3 Å². The lowest BCUT2D eigenvalue weighted by Crippen LogP contribution is -2.34. The van der Waals surface area contributed by atoms with Crippen LogP contribution in [-0.4, -0.2) is 46.6 Å². The van der Waals surface area contributed by atoms with Crippen molar-refractivity contribution in [2.24, 2.45) is 5.92 Å². The van der Waals surface area contributed by atoms with Crippen molar-refractivity contribution in [2.75, 3.05) is 26.2 Å². The maximum absolute atomic E-state index is 13.7. The van der Waals surface area contributed by atoms with Crippen molar-refractivity contribution >= 4 is 16.8 Å². The van der Waals surface area contributed by atoms with Gasteiger partial charge in [0.05, 0.1) is 17.5 Å². The van der Waals surface area contributed by atoms with Gasteiger partial charge in [-0.1, -0.05) is 54.6 Å². The predicted octanol–water partition coefficient (Wildman–Crippen LogP) is 4.42. The first-order chi connectivity index (χ1) is 19.1. The van der Waals surface area contributed by atoms with Crippen LogP contribution in [0.15, 0.2) is 77.6 Å². The zero-order chi connectivity index (χ0) is 26.6. The Hall–Kier alpha value is -3.97. The van der Waals surface area contributed by atoms with Gasteiger partial charge in [-0.05, 0) is 60.9 Å². The van der Waals surface area contributed by atoms with Crippen molar-refractivity contribution in [1.29, 1.82) is 0 Å². The smallest absolute Gasteiger partial charge is 0.262 e. The maximum Gasteiger partial charge on any atom is 0.262 e. The average Bonchev–Trinajstić information content (AvgIpc) is 3.81. The van der Waals surface area contributed by atoms with Crippen LogP contribution in [0, 0.1) is 5.92 Å². The van der Waals surface area contributed by atoms with Crippen LogP contribution in [0.5, 0.6) is 5.75 Å². The molecule has 0 spiro atoms. The SMILES string of the molecule is O=C(Cn1c(-c2ccccc2)nc2ccc(OCCCN3CCc4ccccc4C3)cc2c1=O)NCC1CC1. The second-order valence-electron chi connectivity index (χ2n) is 10.6. The molecule has 7 heteroatoms. The standard InChI is InChI=1S/C32H34N4O3/c37-30(33-20-23-11-12-23)22-36-31(25-8-2-1-3-9-25)34-29-14-13-27(19-28(29)32(36)38)39-18-6-16-35-17-15-24-7-4-5-10-26(24)21-35/h1-5,7-10,13-14,19,23H,6,11-12,15-18,20-22H2,(H,33,37). The lowest BCUT2D eigenvalue weighted by molar-refractivity contribution is -0.121. The van der Waals surface area contributed by atoms with E-state index in [4.69, 9.17) is 9.72 Å². The third-order valence-corrected chi connectivity index (χ3v) is 7.64. The van der Waals surface area contributed by atoms with Gasteiger partial charge in [0.25, 0.3) is 5.56 Å². The van der Waals surface area contributed by atoms with Crippen molar-refractivity contribution in [1.82, 2.24) is 19.8 Å². The largest absolute Gasteiger partial charge is 0.494 e. The van der Waals surface area contributed by atoms with Gasteiger partial charge < -0.3 is 10.1 Å². The molecule has 1 N–H and O–H groups in total. The number of hydrogen-bond acceptors (Lipinski definition) is 5. The summed E-state index contributed by atoms with van der Waals surface area (Å²) >= 11 is 0. The first-order valence-electron chi connectivity index (χ1n) is 13.9. The monoisotopic (exact) mass is 522 g/mol. The minimum absolute atomic E-state index is 0.0667. The summed E-state index contributed by atoms with van der Waals surface area (Å²) in [7, 11) is 0. The van der Waals surface area contributed by atoms with Gasteiger partial charge in [-0.3, -0.25) is 19.1 Å². The Bertz CT molecular complexity index is 1530. The molecule has 6 rings (SSSR count). The van der Waals surface area contributed by atoms with E-state index >= 15 is 0 Å². The van der Waals surface area contributed by atoms with Crippen LogP contribution in [0.1, 0.15) is 30.4 Å². The van der Waals surface area contributed by atoms with Gasteiger partial charge in [0.1, 0.15) is 18.1 Å². The number of benzene rings is 3. The normalized spacial score (nSPS) is 15.2. The molecule has 0 bridgehead atoms. The van der Waals surface area contributed by atoms with Crippen LogP contribution in [0.4, 0.5) is 0 Å². The average molecular weight is 523 g/mol. The van der Waals surface area contributed by atoms with Crippen LogP contribution in [-0.2, 0) is 24.3 Å². The van der Waals surface area contributed by atoms with E-state index in [-0.39, 0.29) is 18.0 Å². The van der Waals surface area contributed by atoms with Gasteiger partial charge in [0.2, 0.25) is 5.91 Å². The van der Waals surface area contributed by atoms with E-state index in [1.165, 1.54) is 15.7 Å². The topological polar surface area (TPSA) is 76.5 Å². The summed E-state index contributed by atoms with van der Waals surface area (Å²) in [5, 5.41) is 3.42. The molecule has 1 amide bonds. The first-order valence-corrected chi connectivity index (χ1v) is 13.9. The van der Waals surface area contributed by atoms with Gasteiger partial charge in [0.15, 0.2) is 0 Å². The summed E-state index contributed by atoms with van der Waals surface area (Å²) in [6, 6.07) is 23.7. The Morgan fingerprint density at radius 1 is 1.00 bits per heavy atom. The summed E-state index contributed by atoms with van der Waals surface area (Å²) in [5.74, 6) is 1.53. The molecule has 7 nitrogen and oxygen atoms in total. The highest BCUT2D eigenvalue weighted by Gasteiger charge is 2.22. The highest BCUT2D eigenvalue weighted by atomic mass is 16.5. The molecule has 0 saturated heterocycles. The molecule has 2 aliphatic rings. The molecule has 1 aliphatic carbocycles. The van der Waals surface area contributed by atoms with Crippen LogP contribution in [0.2, 0.25) is 0 Å². The maximum atomic E-state index is 13.7. The van der Waals surface area contributed by atoms with E-state index in [2.05, 4.69) is 34.5 Å². The number of hydrogen-bond donors (Lipinski definition) is 1. The summed E-state index contributed by atoms with van der Waals surface area (Å²) < 4.78 is 7.54. The summed E-state index contributed by atoms with van der Waals surface area (Å²) in [6.07, 6.45) is 4.30. The number of carbonyl (C=O) groups excluding carboxylic acids is 1. The van der Waals surface area contributed by atoms with Gasteiger partial charge in [-0.2, -0.15) is 0 Å². The summed E-state index contributed by atoms with van der Waals surface area (Å²) in [5.41, 5.74) is 4.02. The molecule has 200 valence electrons. The van der Waals surface area contributed by atoms with Gasteiger partial charge in [-0.25, -0.2) is 4.98 Å². The molecule has 0 atom stereocenters. The number of fused-ring (bicyclic) bond motifs is 2. The number of nitrogens with one attached hydrogen (secondary N) is 1. The van der Waals surface area contributed by atoms with Crippen LogP contribution in [0.25, 0.3) is 22.3 Å². The predicted molar refractivity (Wildman–Crippen MR) is 153 cm³/mol. The molecule has 3 aromatic carbocycles. The Kier molecular flexibility index (Phi) is 7.41. The van der Waals surface area contributed by atoms with Gasteiger partial charge in [0, 0.05) is 31.7 Å². The van der Waals surface area contributed by atoms with Gasteiger partial charge >= 0.3 is 0 Å². The number of ether oxygens (including phenoxy) is 1. The fourth-order valence-corrected chi connectivity index (χ4v) is 5.25. The third-order valence-electron chi connectivity index (χ3n) is 7.64. The molecule has 1 aliphatic heterocycles. The van der Waals surface area contributed by atoms with Crippen molar-refractivity contribution in [2.45, 2.75) is 38.8 Å². The molecule has 2 heterocycles. The van der Waals surface area contributed by atoms with Crippen molar-refractivity contribution in [3.63, 3.8) is 0 Å². The Labute approximate surface area is 228 Å². The number of carbonyl (C=O) groups is 1. The lowest BCUT2D eigenvalue weighted by atomic mass is 10.00. The summed E-state index contributed by atoms with van der Waals surface area (Å²) in [4.78, 5) is 33.7. The molecule has 1 fully saturated rings. The van der Waals surface area contributed by atoms with Crippen LogP contribution in [0.3, 0.4) is 0 Å². The molecule has 1 aromatic heterocycles. The molecule has 0 radical (unpaired) electrons. The zero-order valence-electron chi connectivity index (χ0n) is 22.1. The van der Waals surface area contributed by atoms with Crippen LogP contribution >= 0.6 is 0 Å². The lowest BCUT2D eigenvalue weighted by Gasteiger charge is -2.28. The van der Waals surface area contributed by atoms with E-state index in [0.717, 1.165) is 50.9 Å². The van der Waals surface area contributed by atoms with E-state index in [9.17, 15) is 9.59 Å². The minimum Gasteiger partial charge on any atom is -0.494 e. The first kappa shape index (κ1) is 25.3.